The summed E-state index contributed by atoms with van der Waals surface area (Å²) < 4.78 is 12.2. The number of ether oxygens (including phenoxy) is 2. The number of nitrogens with zero attached hydrogens (tertiary/aromatic N) is 2. The maximum absolute atomic E-state index is 6.13. The van der Waals surface area contributed by atoms with E-state index in [1.807, 2.05) is 24.4 Å². The van der Waals surface area contributed by atoms with Crippen molar-refractivity contribution in [3.05, 3.63) is 52.5 Å². The number of aromatic nitrogens is 1. The van der Waals surface area contributed by atoms with Gasteiger partial charge in [-0.15, -0.1) is 0 Å². The summed E-state index contributed by atoms with van der Waals surface area (Å²) in [5, 5.41) is 4.40. The van der Waals surface area contributed by atoms with Crippen LogP contribution in [0.15, 0.2) is 41.2 Å². The van der Waals surface area contributed by atoms with Gasteiger partial charge in [-0.1, -0.05) is 6.07 Å². The summed E-state index contributed by atoms with van der Waals surface area (Å²) in [4.78, 5) is 6.90. The summed E-state index contributed by atoms with van der Waals surface area (Å²) in [5.41, 5.74) is 2.40. The molecule has 2 fully saturated rings. The highest BCUT2D eigenvalue weighted by atomic mass is 32.1. The Morgan fingerprint density at radius 3 is 3.13 bits per heavy atom. The zero-order valence-corrected chi connectivity index (χ0v) is 14.0. The highest BCUT2D eigenvalue weighted by Crippen LogP contribution is 2.33. The van der Waals surface area contributed by atoms with Crippen LogP contribution in [0.25, 0.3) is 0 Å². The lowest BCUT2D eigenvalue weighted by Crippen LogP contribution is -2.51. The normalized spacial score (nSPS) is 27.9. The second-order valence-electron chi connectivity index (χ2n) is 6.25. The van der Waals surface area contributed by atoms with E-state index in [4.69, 9.17) is 9.47 Å². The van der Waals surface area contributed by atoms with Crippen molar-refractivity contribution in [3.8, 4) is 0 Å². The highest BCUT2D eigenvalue weighted by Gasteiger charge is 2.43. The van der Waals surface area contributed by atoms with Crippen LogP contribution in [-0.2, 0) is 22.6 Å². The quantitative estimate of drug-likeness (QED) is 0.844. The second-order valence-corrected chi connectivity index (χ2v) is 7.03. The molecule has 1 saturated heterocycles. The minimum Gasteiger partial charge on any atom is -0.373 e. The third-order valence-electron chi connectivity index (χ3n) is 4.79. The van der Waals surface area contributed by atoms with Crippen molar-refractivity contribution in [1.82, 2.24) is 9.88 Å². The van der Waals surface area contributed by atoms with Crippen molar-refractivity contribution in [2.24, 2.45) is 0 Å². The van der Waals surface area contributed by atoms with Crippen molar-refractivity contribution < 1.29 is 9.47 Å². The number of rotatable bonds is 5. The van der Waals surface area contributed by atoms with Gasteiger partial charge in [-0.05, 0) is 47.4 Å². The Balaban J connectivity index is 1.37. The molecular weight excluding hydrogens is 308 g/mol. The van der Waals surface area contributed by atoms with Crippen LogP contribution in [0.3, 0.4) is 0 Å². The zero-order valence-electron chi connectivity index (χ0n) is 13.1. The number of hydrogen-bond acceptors (Lipinski definition) is 5. The van der Waals surface area contributed by atoms with Gasteiger partial charge in [-0.2, -0.15) is 11.3 Å². The summed E-state index contributed by atoms with van der Waals surface area (Å²) in [6.07, 6.45) is 4.43. The van der Waals surface area contributed by atoms with Gasteiger partial charge in [0.15, 0.2) is 0 Å². The fraction of sp³-hybridized carbons (Fsp3) is 0.500. The standard InChI is InChI=1S/C18H22N2O2S/c1-2-7-19-15(3-1)12-22-17-5-4-16-18(17)21-9-8-20(16)11-14-6-10-23-13-14/h1-3,6-7,10,13,16-18H,4-5,8-9,11-12H2/t16-,17+,18+/m0/s1. The molecule has 4 rings (SSSR count). The summed E-state index contributed by atoms with van der Waals surface area (Å²) in [6, 6.07) is 8.65. The minimum absolute atomic E-state index is 0.187. The molecule has 2 aromatic heterocycles. The van der Waals surface area contributed by atoms with E-state index >= 15 is 0 Å². The van der Waals surface area contributed by atoms with Crippen molar-refractivity contribution in [2.45, 2.75) is 44.2 Å². The minimum atomic E-state index is 0.187. The van der Waals surface area contributed by atoms with Gasteiger partial charge in [0.25, 0.3) is 0 Å². The molecule has 23 heavy (non-hydrogen) atoms. The Bertz CT molecular complexity index is 605. The molecule has 1 aliphatic heterocycles. The maximum atomic E-state index is 6.13. The lowest BCUT2D eigenvalue weighted by molar-refractivity contribution is -0.119. The topological polar surface area (TPSA) is 34.6 Å². The third kappa shape index (κ3) is 3.48. The maximum Gasteiger partial charge on any atom is 0.0992 e. The molecule has 0 radical (unpaired) electrons. The van der Waals surface area contributed by atoms with Crippen molar-refractivity contribution in [2.75, 3.05) is 13.2 Å². The fourth-order valence-electron chi connectivity index (χ4n) is 3.66. The van der Waals surface area contributed by atoms with E-state index in [1.54, 1.807) is 11.3 Å². The average molecular weight is 330 g/mol. The van der Waals surface area contributed by atoms with Crippen molar-refractivity contribution in [1.29, 1.82) is 0 Å². The fourth-order valence-corrected chi connectivity index (χ4v) is 4.32. The van der Waals surface area contributed by atoms with Crippen LogP contribution in [0, 0.1) is 0 Å². The zero-order chi connectivity index (χ0) is 15.5. The van der Waals surface area contributed by atoms with Gasteiger partial charge in [0.1, 0.15) is 0 Å². The number of pyridine rings is 1. The van der Waals surface area contributed by atoms with Gasteiger partial charge in [0.05, 0.1) is 31.1 Å². The SMILES string of the molecule is c1ccc(CO[C@@H]2CC[C@H]3[C@H]2OCCN3Cc2ccsc2)nc1. The Morgan fingerprint density at radius 2 is 2.30 bits per heavy atom. The average Bonchev–Trinajstić information content (AvgIpc) is 3.24. The summed E-state index contributed by atoms with van der Waals surface area (Å²) in [5.74, 6) is 0. The molecule has 1 aliphatic carbocycles. The van der Waals surface area contributed by atoms with Gasteiger partial charge in [-0.25, -0.2) is 0 Å². The number of morpholine rings is 1. The van der Waals surface area contributed by atoms with Gasteiger partial charge < -0.3 is 9.47 Å². The van der Waals surface area contributed by atoms with E-state index in [9.17, 15) is 0 Å². The van der Waals surface area contributed by atoms with E-state index in [0.29, 0.717) is 12.6 Å². The molecular formula is C18H22N2O2S. The molecule has 0 unspecified atom stereocenters. The van der Waals surface area contributed by atoms with Gasteiger partial charge >= 0.3 is 0 Å². The van der Waals surface area contributed by atoms with Gasteiger partial charge in [0, 0.05) is 25.3 Å². The molecule has 122 valence electrons. The van der Waals surface area contributed by atoms with E-state index in [1.165, 1.54) is 5.56 Å². The molecule has 5 heteroatoms. The molecule has 0 N–H and O–H groups in total. The van der Waals surface area contributed by atoms with E-state index in [2.05, 4.69) is 26.7 Å². The summed E-state index contributed by atoms with van der Waals surface area (Å²) in [7, 11) is 0. The first-order valence-corrected chi connectivity index (χ1v) is 9.23. The molecule has 0 spiro atoms. The van der Waals surface area contributed by atoms with E-state index in [-0.39, 0.29) is 12.2 Å². The van der Waals surface area contributed by atoms with Crippen LogP contribution < -0.4 is 0 Å². The number of fused-ring (bicyclic) bond motifs is 1. The molecule has 1 saturated carbocycles. The first-order chi connectivity index (χ1) is 11.4. The van der Waals surface area contributed by atoms with Gasteiger partial charge in [0.2, 0.25) is 0 Å². The molecule has 4 nitrogen and oxygen atoms in total. The lowest BCUT2D eigenvalue weighted by atomic mass is 10.1. The summed E-state index contributed by atoms with van der Waals surface area (Å²) >= 11 is 1.77. The predicted octanol–water partition coefficient (Wildman–Crippen LogP) is 3.09. The smallest absolute Gasteiger partial charge is 0.0992 e. The Morgan fingerprint density at radius 1 is 1.30 bits per heavy atom. The highest BCUT2D eigenvalue weighted by molar-refractivity contribution is 7.07. The number of thiophene rings is 1. The van der Waals surface area contributed by atoms with E-state index < -0.39 is 0 Å². The van der Waals surface area contributed by atoms with Crippen molar-refractivity contribution >= 4 is 11.3 Å². The Labute approximate surface area is 141 Å². The van der Waals surface area contributed by atoms with Gasteiger partial charge in [-0.3, -0.25) is 9.88 Å². The first-order valence-electron chi connectivity index (χ1n) is 8.28. The van der Waals surface area contributed by atoms with Crippen LogP contribution in [-0.4, -0.2) is 41.3 Å². The molecule has 2 aromatic rings. The molecule has 2 aliphatic rings. The van der Waals surface area contributed by atoms with Crippen molar-refractivity contribution in [3.63, 3.8) is 0 Å². The summed E-state index contributed by atoms with van der Waals surface area (Å²) in [6.45, 7) is 3.42. The Kier molecular flexibility index (Phi) is 4.71. The van der Waals surface area contributed by atoms with Crippen LogP contribution >= 0.6 is 11.3 Å². The molecule has 0 amide bonds. The second kappa shape index (κ2) is 7.09. The number of hydrogen-bond donors (Lipinski definition) is 0. The van der Waals surface area contributed by atoms with E-state index in [0.717, 1.165) is 38.2 Å². The predicted molar refractivity (Wildman–Crippen MR) is 90.3 cm³/mol. The molecule has 0 bridgehead atoms. The molecule has 3 atom stereocenters. The van der Waals surface area contributed by atoms with Crippen LogP contribution in [0.1, 0.15) is 24.1 Å². The first kappa shape index (κ1) is 15.3. The van der Waals surface area contributed by atoms with Crippen LogP contribution in [0.2, 0.25) is 0 Å². The van der Waals surface area contributed by atoms with Crippen LogP contribution in [0.5, 0.6) is 0 Å². The lowest BCUT2D eigenvalue weighted by Gasteiger charge is -2.39. The monoisotopic (exact) mass is 330 g/mol. The molecule has 0 aromatic carbocycles. The largest absolute Gasteiger partial charge is 0.373 e. The van der Waals surface area contributed by atoms with Crippen LogP contribution in [0.4, 0.5) is 0 Å². The Hall–Kier alpha value is -1.27. The third-order valence-corrected chi connectivity index (χ3v) is 5.52. The molecule has 3 heterocycles.